The highest BCUT2D eigenvalue weighted by atomic mass is 32.2. The van der Waals surface area contributed by atoms with Gasteiger partial charge in [-0.25, -0.2) is 12.7 Å². The van der Waals surface area contributed by atoms with E-state index in [-0.39, 0.29) is 10.8 Å². The highest BCUT2D eigenvalue weighted by Gasteiger charge is 2.33. The summed E-state index contributed by atoms with van der Waals surface area (Å²) in [7, 11) is -0.470. The van der Waals surface area contributed by atoms with E-state index in [9.17, 15) is 13.2 Å². The molecule has 2 rings (SSSR count). The summed E-state index contributed by atoms with van der Waals surface area (Å²) < 4.78 is 25.2. The zero-order chi connectivity index (χ0) is 16.5. The molecule has 5 nitrogen and oxygen atoms in total. The number of hydrogen-bond donors (Lipinski definition) is 0. The van der Waals surface area contributed by atoms with Crippen molar-refractivity contribution >= 4 is 15.9 Å². The third-order valence-corrected chi connectivity index (χ3v) is 5.52. The first-order chi connectivity index (χ1) is 10.2. The predicted octanol–water partition coefficient (Wildman–Crippen LogP) is 2.20. The third-order valence-electron chi connectivity index (χ3n) is 3.69. The molecule has 0 N–H and O–H groups in total. The monoisotopic (exact) mass is 324 g/mol. The lowest BCUT2D eigenvalue weighted by atomic mass is 10.1. The standard InChI is InChI=1S/C16H24N2O3S/c1-12(2)11-18(14-7-8-14)16(19)13-5-9-15(10-6-13)22(20,21)17(3)4/h5-6,9-10,12,14H,7-8,11H2,1-4H3. The van der Waals surface area contributed by atoms with Crippen LogP contribution in [-0.2, 0) is 10.0 Å². The summed E-state index contributed by atoms with van der Waals surface area (Å²) in [6.07, 6.45) is 2.12. The Morgan fingerprint density at radius 3 is 2.14 bits per heavy atom. The van der Waals surface area contributed by atoms with Gasteiger partial charge in [0.1, 0.15) is 0 Å². The normalized spacial score (nSPS) is 15.4. The van der Waals surface area contributed by atoms with Crippen molar-refractivity contribution < 1.29 is 13.2 Å². The van der Waals surface area contributed by atoms with Crippen LogP contribution in [-0.4, -0.2) is 50.2 Å². The van der Waals surface area contributed by atoms with Crippen LogP contribution in [0.3, 0.4) is 0 Å². The number of hydrogen-bond acceptors (Lipinski definition) is 3. The van der Waals surface area contributed by atoms with Crippen molar-refractivity contribution in [2.75, 3.05) is 20.6 Å². The fourth-order valence-electron chi connectivity index (χ4n) is 2.32. The van der Waals surface area contributed by atoms with Crippen LogP contribution in [0.2, 0.25) is 0 Å². The van der Waals surface area contributed by atoms with Gasteiger partial charge in [-0.05, 0) is 43.0 Å². The van der Waals surface area contributed by atoms with Crippen molar-refractivity contribution in [3.05, 3.63) is 29.8 Å². The molecule has 0 radical (unpaired) electrons. The van der Waals surface area contributed by atoms with Crippen LogP contribution in [0.4, 0.5) is 0 Å². The number of carbonyl (C=O) groups excluding carboxylic acids is 1. The summed E-state index contributed by atoms with van der Waals surface area (Å²) in [5, 5.41) is 0. The summed E-state index contributed by atoms with van der Waals surface area (Å²) in [6, 6.07) is 6.56. The lowest BCUT2D eigenvalue weighted by Crippen LogP contribution is -2.36. The number of amides is 1. The fourth-order valence-corrected chi connectivity index (χ4v) is 3.23. The van der Waals surface area contributed by atoms with Gasteiger partial charge >= 0.3 is 0 Å². The van der Waals surface area contributed by atoms with Gasteiger partial charge in [0.25, 0.3) is 5.91 Å². The molecule has 0 heterocycles. The van der Waals surface area contributed by atoms with Gasteiger partial charge in [0.2, 0.25) is 10.0 Å². The van der Waals surface area contributed by atoms with Crippen LogP contribution in [0.1, 0.15) is 37.0 Å². The maximum atomic E-state index is 12.6. The van der Waals surface area contributed by atoms with Gasteiger partial charge in [-0.1, -0.05) is 13.8 Å². The minimum Gasteiger partial charge on any atom is -0.335 e. The Kier molecular flexibility index (Phi) is 4.92. The molecule has 6 heteroatoms. The summed E-state index contributed by atoms with van der Waals surface area (Å²) >= 11 is 0. The second-order valence-corrected chi connectivity index (χ2v) is 8.55. The fraction of sp³-hybridized carbons (Fsp3) is 0.562. The average Bonchev–Trinajstić information content (AvgIpc) is 3.28. The minimum absolute atomic E-state index is 0.00926. The summed E-state index contributed by atoms with van der Waals surface area (Å²) in [5.74, 6) is 0.406. The van der Waals surface area contributed by atoms with Gasteiger partial charge in [0.15, 0.2) is 0 Å². The number of nitrogens with zero attached hydrogens (tertiary/aromatic N) is 2. The Labute approximate surface area is 133 Å². The lowest BCUT2D eigenvalue weighted by molar-refractivity contribution is 0.0722. The van der Waals surface area contributed by atoms with Gasteiger partial charge in [0, 0.05) is 32.2 Å². The molecule has 1 amide bonds. The first-order valence-corrected chi connectivity index (χ1v) is 9.01. The Hall–Kier alpha value is -1.40. The summed E-state index contributed by atoms with van der Waals surface area (Å²) in [6.45, 7) is 4.92. The Morgan fingerprint density at radius 1 is 1.18 bits per heavy atom. The topological polar surface area (TPSA) is 57.7 Å². The van der Waals surface area contributed by atoms with Crippen LogP contribution >= 0.6 is 0 Å². The van der Waals surface area contributed by atoms with Crippen LogP contribution in [0.5, 0.6) is 0 Å². The Balaban J connectivity index is 2.20. The zero-order valence-electron chi connectivity index (χ0n) is 13.6. The molecule has 0 aromatic heterocycles. The molecule has 122 valence electrons. The first-order valence-electron chi connectivity index (χ1n) is 7.57. The van der Waals surface area contributed by atoms with Crippen LogP contribution < -0.4 is 0 Å². The molecular formula is C16H24N2O3S. The van der Waals surface area contributed by atoms with E-state index >= 15 is 0 Å². The van der Waals surface area contributed by atoms with E-state index in [2.05, 4.69) is 13.8 Å². The van der Waals surface area contributed by atoms with Gasteiger partial charge in [-0.15, -0.1) is 0 Å². The van der Waals surface area contributed by atoms with Crippen LogP contribution in [0, 0.1) is 5.92 Å². The SMILES string of the molecule is CC(C)CN(C(=O)c1ccc(S(=O)(=O)N(C)C)cc1)C1CC1. The molecule has 22 heavy (non-hydrogen) atoms. The Bertz CT molecular complexity index is 632. The third kappa shape index (κ3) is 3.67. The molecule has 1 saturated carbocycles. The van der Waals surface area contributed by atoms with Gasteiger partial charge in [-0.3, -0.25) is 4.79 Å². The maximum absolute atomic E-state index is 12.6. The van der Waals surface area contributed by atoms with E-state index in [1.165, 1.54) is 30.5 Å². The molecule has 1 aliphatic rings. The molecule has 0 spiro atoms. The van der Waals surface area contributed by atoms with E-state index in [1.807, 2.05) is 4.90 Å². The lowest BCUT2D eigenvalue weighted by Gasteiger charge is -2.24. The van der Waals surface area contributed by atoms with E-state index < -0.39 is 10.0 Å². The van der Waals surface area contributed by atoms with E-state index in [0.717, 1.165) is 19.4 Å². The van der Waals surface area contributed by atoms with Crippen molar-refractivity contribution in [1.82, 2.24) is 9.21 Å². The van der Waals surface area contributed by atoms with Crippen molar-refractivity contribution in [2.24, 2.45) is 5.92 Å². The smallest absolute Gasteiger partial charge is 0.254 e. The summed E-state index contributed by atoms with van der Waals surface area (Å²) in [5.41, 5.74) is 0.547. The first kappa shape index (κ1) is 17.0. The highest BCUT2D eigenvalue weighted by Crippen LogP contribution is 2.29. The molecule has 0 unspecified atom stereocenters. The molecule has 1 aliphatic carbocycles. The number of benzene rings is 1. The van der Waals surface area contributed by atoms with Crippen molar-refractivity contribution in [3.8, 4) is 0 Å². The number of carbonyl (C=O) groups is 1. The average molecular weight is 324 g/mol. The molecule has 0 aliphatic heterocycles. The number of sulfonamides is 1. The molecule has 1 aromatic carbocycles. The number of rotatable bonds is 6. The zero-order valence-corrected chi connectivity index (χ0v) is 14.4. The highest BCUT2D eigenvalue weighted by molar-refractivity contribution is 7.89. The largest absolute Gasteiger partial charge is 0.335 e. The van der Waals surface area contributed by atoms with Gasteiger partial charge in [-0.2, -0.15) is 0 Å². The van der Waals surface area contributed by atoms with Crippen molar-refractivity contribution in [3.63, 3.8) is 0 Å². The van der Waals surface area contributed by atoms with Crippen LogP contribution in [0.25, 0.3) is 0 Å². The van der Waals surface area contributed by atoms with E-state index in [0.29, 0.717) is 17.5 Å². The second-order valence-electron chi connectivity index (χ2n) is 6.39. The minimum atomic E-state index is -3.45. The molecular weight excluding hydrogens is 300 g/mol. The predicted molar refractivity (Wildman–Crippen MR) is 86.2 cm³/mol. The maximum Gasteiger partial charge on any atom is 0.254 e. The van der Waals surface area contributed by atoms with Crippen LogP contribution in [0.15, 0.2) is 29.2 Å². The molecule has 0 atom stereocenters. The molecule has 0 bridgehead atoms. The molecule has 1 aromatic rings. The Morgan fingerprint density at radius 2 is 1.73 bits per heavy atom. The quantitative estimate of drug-likeness (QED) is 0.806. The van der Waals surface area contributed by atoms with Gasteiger partial charge < -0.3 is 4.90 Å². The summed E-state index contributed by atoms with van der Waals surface area (Å²) in [4.78, 5) is 14.7. The van der Waals surface area contributed by atoms with Crippen molar-refractivity contribution in [1.29, 1.82) is 0 Å². The van der Waals surface area contributed by atoms with Crippen molar-refractivity contribution in [2.45, 2.75) is 37.6 Å². The van der Waals surface area contributed by atoms with Gasteiger partial charge in [0.05, 0.1) is 4.90 Å². The van der Waals surface area contributed by atoms with E-state index in [4.69, 9.17) is 0 Å². The molecule has 0 saturated heterocycles. The second kappa shape index (κ2) is 6.38. The van der Waals surface area contributed by atoms with E-state index in [1.54, 1.807) is 12.1 Å². The molecule has 1 fully saturated rings.